The normalized spacial score (nSPS) is 39.9. The Hall–Kier alpha value is -0.520. The second-order valence-electron chi connectivity index (χ2n) is 9.10. The van der Waals surface area contributed by atoms with Gasteiger partial charge < -0.3 is 15.3 Å². The monoisotopic (exact) mass is 396 g/mol. The molecule has 0 aromatic carbocycles. The molecular weight excluding hydrogens is 360 g/mol. The maximum Gasteiger partial charge on any atom is 0.313 e. The molecule has 0 radical (unpaired) electrons. The molecule has 0 aromatic rings. The van der Waals surface area contributed by atoms with Crippen LogP contribution in [0.15, 0.2) is 12.2 Å². The number of fused-ring (bicyclic) bond motifs is 1. The lowest BCUT2D eigenvalue weighted by atomic mass is 9.88. The van der Waals surface area contributed by atoms with Crippen LogP contribution in [-0.4, -0.2) is 45.0 Å². The Labute approximate surface area is 167 Å². The van der Waals surface area contributed by atoms with Gasteiger partial charge in [0.2, 0.25) is 0 Å². The Bertz CT molecular complexity index is 522. The van der Waals surface area contributed by atoms with Crippen molar-refractivity contribution in [2.45, 2.75) is 70.5 Å². The zero-order valence-electron chi connectivity index (χ0n) is 16.5. The van der Waals surface area contributed by atoms with E-state index in [9.17, 15) is 15.0 Å². The summed E-state index contributed by atoms with van der Waals surface area (Å²) in [6.07, 6.45) is 12.5. The van der Waals surface area contributed by atoms with Crippen LogP contribution in [0.3, 0.4) is 0 Å². The van der Waals surface area contributed by atoms with Crippen LogP contribution in [0.5, 0.6) is 0 Å². The first-order valence-electron chi connectivity index (χ1n) is 10.8. The third-order valence-electron chi connectivity index (χ3n) is 7.40. The molecule has 4 nitrogen and oxygen atoms in total. The number of rotatable bonds is 9. The zero-order valence-corrected chi connectivity index (χ0v) is 17.3. The quantitative estimate of drug-likeness (QED) is 0.406. The molecule has 3 saturated carbocycles. The second-order valence-corrected chi connectivity index (χ2v) is 10.2. The average molecular weight is 397 g/mol. The van der Waals surface area contributed by atoms with Gasteiger partial charge in [0, 0.05) is 5.92 Å². The highest BCUT2D eigenvalue weighted by atomic mass is 32.2. The number of aliphatic hydroxyl groups excluding tert-OH is 2. The lowest BCUT2D eigenvalue weighted by Gasteiger charge is -2.20. The fourth-order valence-electron chi connectivity index (χ4n) is 5.88. The number of hydrogen-bond donors (Lipinski definition) is 3. The summed E-state index contributed by atoms with van der Waals surface area (Å²) >= 11 is 1.51. The smallest absolute Gasteiger partial charge is 0.313 e. The van der Waals surface area contributed by atoms with Crippen LogP contribution in [0.2, 0.25) is 0 Å². The van der Waals surface area contributed by atoms with Gasteiger partial charge in [-0.05, 0) is 73.9 Å². The van der Waals surface area contributed by atoms with Gasteiger partial charge in [-0.3, -0.25) is 4.79 Å². The molecule has 3 N–H and O–H groups in total. The van der Waals surface area contributed by atoms with Crippen molar-refractivity contribution in [1.82, 2.24) is 0 Å². The maximum atomic E-state index is 10.6. The van der Waals surface area contributed by atoms with Crippen molar-refractivity contribution in [2.24, 2.45) is 35.5 Å². The third kappa shape index (κ3) is 5.51. The molecule has 0 spiro atoms. The van der Waals surface area contributed by atoms with Crippen LogP contribution in [0, 0.1) is 35.5 Å². The average Bonchev–Trinajstić information content (AvgIpc) is 3.31. The molecule has 3 aliphatic rings. The fraction of sp³-hybridized carbons (Fsp3) is 0.864. The number of thioether (sulfide) groups is 1. The van der Waals surface area contributed by atoms with Crippen molar-refractivity contribution in [3.8, 4) is 0 Å². The number of carboxylic acid groups (broad SMARTS) is 1. The first-order valence-corrected chi connectivity index (χ1v) is 12.0. The summed E-state index contributed by atoms with van der Waals surface area (Å²) < 4.78 is 0. The van der Waals surface area contributed by atoms with Gasteiger partial charge in [-0.2, -0.15) is 11.8 Å². The van der Waals surface area contributed by atoms with Crippen LogP contribution in [0.1, 0.15) is 58.3 Å². The molecular formula is C22H36O4S. The number of carboxylic acids is 1. The van der Waals surface area contributed by atoms with Gasteiger partial charge in [0.05, 0.1) is 18.0 Å². The number of carbonyl (C=O) groups is 1. The first-order chi connectivity index (χ1) is 13.0. The molecule has 154 valence electrons. The van der Waals surface area contributed by atoms with Gasteiger partial charge in [-0.25, -0.2) is 0 Å². The van der Waals surface area contributed by atoms with Gasteiger partial charge in [-0.1, -0.05) is 31.9 Å². The van der Waals surface area contributed by atoms with E-state index in [1.165, 1.54) is 31.0 Å². The Balaban J connectivity index is 1.47. The summed E-state index contributed by atoms with van der Waals surface area (Å²) in [4.78, 5) is 10.6. The molecule has 2 unspecified atom stereocenters. The Kier molecular flexibility index (Phi) is 7.69. The molecule has 3 rings (SSSR count). The highest BCUT2D eigenvalue weighted by Gasteiger charge is 2.46. The molecule has 0 aromatic heterocycles. The van der Waals surface area contributed by atoms with E-state index >= 15 is 0 Å². The molecule has 0 saturated heterocycles. The van der Waals surface area contributed by atoms with Crippen molar-refractivity contribution >= 4 is 17.7 Å². The van der Waals surface area contributed by atoms with E-state index in [-0.39, 0.29) is 23.9 Å². The first kappa shape index (κ1) is 21.2. The second kappa shape index (κ2) is 9.80. The molecule has 3 fully saturated rings. The van der Waals surface area contributed by atoms with Gasteiger partial charge in [-0.15, -0.1) is 0 Å². The molecule has 0 bridgehead atoms. The summed E-state index contributed by atoms with van der Waals surface area (Å²) in [5.74, 6) is 3.52. The summed E-state index contributed by atoms with van der Waals surface area (Å²) in [6.45, 7) is 2.24. The van der Waals surface area contributed by atoms with Crippen LogP contribution < -0.4 is 0 Å². The lowest BCUT2D eigenvalue weighted by molar-refractivity contribution is -0.133. The van der Waals surface area contributed by atoms with E-state index in [1.807, 2.05) is 6.08 Å². The van der Waals surface area contributed by atoms with E-state index in [1.54, 1.807) is 0 Å². The van der Waals surface area contributed by atoms with Crippen molar-refractivity contribution in [1.29, 1.82) is 0 Å². The van der Waals surface area contributed by atoms with Gasteiger partial charge in [0.1, 0.15) is 0 Å². The number of aliphatic carboxylic acids is 1. The summed E-state index contributed by atoms with van der Waals surface area (Å²) in [5.41, 5.74) is 0. The fourth-order valence-corrected chi connectivity index (χ4v) is 6.70. The SMILES string of the molecule is CC[C@@H]1CC[C@@H](C(O)C=C[C@@H]2[C@@H]3CC(CCSCC(=O)O)C[C@@H]3C[C@H]2O)C1. The summed E-state index contributed by atoms with van der Waals surface area (Å²) in [5, 5.41) is 29.8. The van der Waals surface area contributed by atoms with Crippen LogP contribution >= 0.6 is 11.8 Å². The lowest BCUT2D eigenvalue weighted by Crippen LogP contribution is -2.20. The predicted molar refractivity (Wildman–Crippen MR) is 110 cm³/mol. The van der Waals surface area contributed by atoms with E-state index in [0.29, 0.717) is 23.7 Å². The maximum absolute atomic E-state index is 10.6. The standard InChI is InChI=1S/C22H36O4S/c1-2-14-3-4-16(9-14)20(23)6-5-18-19-11-15(7-8-27-13-22(25)26)10-17(19)12-21(18)24/h5-6,14-21,23-24H,2-4,7-13H2,1H3,(H,25,26)/t14-,15?,16-,17-,18-,19-,20?,21-/m1/s1. The van der Waals surface area contributed by atoms with Crippen molar-refractivity contribution in [2.75, 3.05) is 11.5 Å². The van der Waals surface area contributed by atoms with Crippen LogP contribution in [0.25, 0.3) is 0 Å². The van der Waals surface area contributed by atoms with Crippen molar-refractivity contribution in [3.05, 3.63) is 12.2 Å². The number of hydrogen-bond acceptors (Lipinski definition) is 4. The van der Waals surface area contributed by atoms with E-state index in [4.69, 9.17) is 5.11 Å². The minimum absolute atomic E-state index is 0.185. The Morgan fingerprint density at radius 1 is 1.19 bits per heavy atom. The third-order valence-corrected chi connectivity index (χ3v) is 8.37. The molecule has 27 heavy (non-hydrogen) atoms. The molecule has 8 atom stereocenters. The van der Waals surface area contributed by atoms with Crippen molar-refractivity contribution in [3.63, 3.8) is 0 Å². The zero-order chi connectivity index (χ0) is 19.4. The summed E-state index contributed by atoms with van der Waals surface area (Å²) in [6, 6.07) is 0. The highest BCUT2D eigenvalue weighted by Crippen LogP contribution is 2.51. The van der Waals surface area contributed by atoms with Crippen molar-refractivity contribution < 1.29 is 20.1 Å². The van der Waals surface area contributed by atoms with Gasteiger partial charge in [0.25, 0.3) is 0 Å². The van der Waals surface area contributed by atoms with Crippen LogP contribution in [-0.2, 0) is 4.79 Å². The minimum Gasteiger partial charge on any atom is -0.481 e. The molecule has 0 aliphatic heterocycles. The topological polar surface area (TPSA) is 77.8 Å². The van der Waals surface area contributed by atoms with Gasteiger partial charge >= 0.3 is 5.97 Å². The largest absolute Gasteiger partial charge is 0.481 e. The predicted octanol–water partition coefficient (Wildman–Crippen LogP) is 3.96. The Morgan fingerprint density at radius 2 is 2.00 bits per heavy atom. The molecule has 0 amide bonds. The molecule has 0 heterocycles. The highest BCUT2D eigenvalue weighted by molar-refractivity contribution is 7.99. The number of aliphatic hydroxyl groups is 2. The van der Waals surface area contributed by atoms with Gasteiger partial charge in [0.15, 0.2) is 0 Å². The molecule has 5 heteroatoms. The van der Waals surface area contributed by atoms with E-state index in [2.05, 4.69) is 13.0 Å². The minimum atomic E-state index is -0.734. The van der Waals surface area contributed by atoms with E-state index < -0.39 is 5.97 Å². The summed E-state index contributed by atoms with van der Waals surface area (Å²) in [7, 11) is 0. The van der Waals surface area contributed by atoms with Crippen LogP contribution in [0.4, 0.5) is 0 Å². The molecule has 3 aliphatic carbocycles. The Morgan fingerprint density at radius 3 is 2.70 bits per heavy atom. The van der Waals surface area contributed by atoms with E-state index in [0.717, 1.165) is 43.8 Å².